The van der Waals surface area contributed by atoms with E-state index in [1.165, 1.54) is 0 Å². The molecule has 1 aliphatic rings. The highest BCUT2D eigenvalue weighted by Crippen LogP contribution is 2.19. The molecule has 0 saturated carbocycles. The summed E-state index contributed by atoms with van der Waals surface area (Å²) in [7, 11) is 0. The van der Waals surface area contributed by atoms with Gasteiger partial charge < -0.3 is 15.8 Å². The lowest BCUT2D eigenvalue weighted by Crippen LogP contribution is -2.10. The van der Waals surface area contributed by atoms with E-state index in [0.717, 1.165) is 11.4 Å². The second-order valence-electron chi connectivity index (χ2n) is 4.29. The summed E-state index contributed by atoms with van der Waals surface area (Å²) >= 11 is 0. The summed E-state index contributed by atoms with van der Waals surface area (Å²) < 4.78 is 5.61. The van der Waals surface area contributed by atoms with Gasteiger partial charge in [-0.25, -0.2) is 9.98 Å². The van der Waals surface area contributed by atoms with Gasteiger partial charge in [0.25, 0.3) is 0 Å². The summed E-state index contributed by atoms with van der Waals surface area (Å²) in [4.78, 5) is 8.24. The largest absolute Gasteiger partial charge is 0.489 e. The van der Waals surface area contributed by atoms with Crippen molar-refractivity contribution >= 4 is 17.9 Å². The summed E-state index contributed by atoms with van der Waals surface area (Å²) in [5.41, 5.74) is 7.24. The molecule has 21 heavy (non-hydrogen) atoms. The van der Waals surface area contributed by atoms with Crippen LogP contribution in [0, 0.1) is 0 Å². The number of hydrogen-bond donors (Lipinski definition) is 2. The highest BCUT2D eigenvalue weighted by Gasteiger charge is 1.96. The zero-order chi connectivity index (χ0) is 14.9. The molecule has 0 amide bonds. The molecule has 0 radical (unpaired) electrons. The lowest BCUT2D eigenvalue weighted by atomic mass is 10.3. The topological polar surface area (TPSA) is 72.0 Å². The van der Waals surface area contributed by atoms with E-state index >= 15 is 0 Å². The number of fused-ring (bicyclic) bond motifs is 2. The zero-order valence-corrected chi connectivity index (χ0v) is 11.7. The van der Waals surface area contributed by atoms with Crippen molar-refractivity contribution in [2.24, 2.45) is 15.7 Å². The summed E-state index contributed by atoms with van der Waals surface area (Å²) in [5.74, 6) is 0.921. The van der Waals surface area contributed by atoms with E-state index < -0.39 is 0 Å². The fourth-order valence-corrected chi connectivity index (χ4v) is 1.63. The van der Waals surface area contributed by atoms with Gasteiger partial charge in [-0.05, 0) is 30.4 Å². The van der Waals surface area contributed by atoms with Gasteiger partial charge >= 0.3 is 0 Å². The Morgan fingerprint density at radius 3 is 3.10 bits per heavy atom. The number of nitrogens with two attached hydrogens (primary N) is 1. The first-order valence-electron chi connectivity index (χ1n) is 6.59. The molecule has 1 aromatic carbocycles. The molecule has 5 heteroatoms. The monoisotopic (exact) mass is 282 g/mol. The van der Waals surface area contributed by atoms with Crippen molar-refractivity contribution in [3.63, 3.8) is 0 Å². The minimum Gasteiger partial charge on any atom is -0.489 e. The van der Waals surface area contributed by atoms with Crippen LogP contribution < -0.4 is 15.8 Å². The van der Waals surface area contributed by atoms with E-state index in [4.69, 9.17) is 10.5 Å². The maximum atomic E-state index is 5.74. The number of ether oxygens (including phenoxy) is 1. The van der Waals surface area contributed by atoms with Crippen LogP contribution in [0.1, 0.15) is 0 Å². The summed E-state index contributed by atoms with van der Waals surface area (Å²) in [5, 5.41) is 3.13. The van der Waals surface area contributed by atoms with Crippen LogP contribution >= 0.6 is 0 Å². The molecule has 2 rings (SSSR count). The number of aliphatic imine (C=N–C) groups is 2. The van der Waals surface area contributed by atoms with Crippen LogP contribution in [0.5, 0.6) is 5.75 Å². The third-order valence-electron chi connectivity index (χ3n) is 2.61. The standard InChI is InChI=1S/C16H18N4O/c1-13-6-5-10-19-16(17)20-14-7-4-8-15(12-14)21-11-3-2-9-18-13/h2-8,10,12,18H,1,9,11H2,(H2,17,20)/b3-2-,6-5+,19-10+. The highest BCUT2D eigenvalue weighted by atomic mass is 16.5. The quantitative estimate of drug-likeness (QED) is 0.717. The Labute approximate surface area is 124 Å². The van der Waals surface area contributed by atoms with Crippen molar-refractivity contribution in [2.45, 2.75) is 0 Å². The molecular formula is C16H18N4O. The molecule has 108 valence electrons. The summed E-state index contributed by atoms with van der Waals surface area (Å²) in [6.07, 6.45) is 9.08. The molecule has 0 aliphatic carbocycles. The highest BCUT2D eigenvalue weighted by molar-refractivity contribution is 5.91. The number of nitrogens with one attached hydrogen (secondary N) is 1. The fourth-order valence-electron chi connectivity index (χ4n) is 1.63. The van der Waals surface area contributed by atoms with Crippen LogP contribution in [-0.2, 0) is 0 Å². The van der Waals surface area contributed by atoms with Crippen LogP contribution in [0.15, 0.2) is 70.8 Å². The molecule has 0 unspecified atom stereocenters. The van der Waals surface area contributed by atoms with Crippen molar-refractivity contribution in [3.8, 4) is 5.75 Å². The number of allylic oxidation sites excluding steroid dienone is 2. The molecule has 0 spiro atoms. The number of benzene rings is 1. The number of nitrogens with zero attached hydrogens (tertiary/aromatic N) is 2. The first-order valence-corrected chi connectivity index (χ1v) is 6.59. The Balaban J connectivity index is 2.21. The van der Waals surface area contributed by atoms with Crippen molar-refractivity contribution in [1.29, 1.82) is 0 Å². The van der Waals surface area contributed by atoms with Crippen molar-refractivity contribution < 1.29 is 4.74 Å². The van der Waals surface area contributed by atoms with E-state index in [2.05, 4.69) is 21.9 Å². The van der Waals surface area contributed by atoms with Gasteiger partial charge in [0.15, 0.2) is 0 Å². The maximum Gasteiger partial charge on any atom is 0.220 e. The van der Waals surface area contributed by atoms with Gasteiger partial charge in [0, 0.05) is 24.5 Å². The average Bonchev–Trinajstić information content (AvgIpc) is 2.47. The Hall–Kier alpha value is -2.82. The SMILES string of the molecule is C=C1/C=C/C=N/C(N)=Nc2cccc(c2)OC/C=C\CN1. The van der Waals surface area contributed by atoms with Crippen LogP contribution in [0.3, 0.4) is 0 Å². The Morgan fingerprint density at radius 1 is 1.29 bits per heavy atom. The Bertz CT molecular complexity index is 614. The van der Waals surface area contributed by atoms with Crippen LogP contribution in [0.2, 0.25) is 0 Å². The van der Waals surface area contributed by atoms with Gasteiger partial charge in [0.1, 0.15) is 12.4 Å². The maximum absolute atomic E-state index is 5.74. The van der Waals surface area contributed by atoms with Crippen molar-refractivity contribution in [3.05, 3.63) is 60.8 Å². The molecule has 5 nitrogen and oxygen atoms in total. The number of rotatable bonds is 0. The molecule has 0 fully saturated rings. The predicted molar refractivity (Wildman–Crippen MR) is 87.1 cm³/mol. The van der Waals surface area contributed by atoms with Gasteiger partial charge in [-0.1, -0.05) is 18.7 Å². The third kappa shape index (κ3) is 5.36. The fraction of sp³-hybridized carbons (Fsp3) is 0.125. The lowest BCUT2D eigenvalue weighted by molar-refractivity contribution is 0.362. The van der Waals surface area contributed by atoms with Crippen LogP contribution in [-0.4, -0.2) is 25.3 Å². The number of hydrogen-bond acceptors (Lipinski definition) is 5. The molecule has 0 atom stereocenters. The summed E-state index contributed by atoms with van der Waals surface area (Å²) in [6, 6.07) is 7.40. The molecule has 1 aliphatic heterocycles. The number of guanidine groups is 1. The van der Waals surface area contributed by atoms with Crippen LogP contribution in [0.4, 0.5) is 5.69 Å². The molecule has 2 bridgehead atoms. The minimum absolute atomic E-state index is 0.183. The predicted octanol–water partition coefficient (Wildman–Crippen LogP) is 2.31. The first kappa shape index (κ1) is 14.6. The second-order valence-corrected chi connectivity index (χ2v) is 4.29. The molecule has 3 N–H and O–H groups in total. The van der Waals surface area contributed by atoms with E-state index in [1.54, 1.807) is 12.3 Å². The first-order chi connectivity index (χ1) is 10.2. The Morgan fingerprint density at radius 2 is 2.19 bits per heavy atom. The van der Waals surface area contributed by atoms with E-state index in [-0.39, 0.29) is 5.96 Å². The molecule has 1 heterocycles. The third-order valence-corrected chi connectivity index (χ3v) is 2.61. The lowest BCUT2D eigenvalue weighted by Gasteiger charge is -2.05. The molecular weight excluding hydrogens is 264 g/mol. The van der Waals surface area contributed by atoms with Crippen molar-refractivity contribution in [1.82, 2.24) is 5.32 Å². The van der Waals surface area contributed by atoms with Gasteiger partial charge in [-0.2, -0.15) is 0 Å². The Kier molecular flexibility index (Phi) is 5.34. The van der Waals surface area contributed by atoms with Crippen molar-refractivity contribution in [2.75, 3.05) is 13.2 Å². The minimum atomic E-state index is 0.183. The van der Waals surface area contributed by atoms with Gasteiger partial charge in [0.2, 0.25) is 5.96 Å². The second kappa shape index (κ2) is 7.69. The smallest absolute Gasteiger partial charge is 0.220 e. The summed E-state index contributed by atoms with van der Waals surface area (Å²) in [6.45, 7) is 5.05. The van der Waals surface area contributed by atoms with E-state index in [9.17, 15) is 0 Å². The van der Waals surface area contributed by atoms with Gasteiger partial charge in [-0.15, -0.1) is 0 Å². The molecule has 1 aromatic rings. The van der Waals surface area contributed by atoms with E-state index in [1.807, 2.05) is 42.5 Å². The van der Waals surface area contributed by atoms with E-state index in [0.29, 0.717) is 18.8 Å². The normalized spacial score (nSPS) is 20.6. The van der Waals surface area contributed by atoms with Gasteiger partial charge in [-0.3, -0.25) is 0 Å². The molecule has 0 aromatic heterocycles. The molecule has 0 saturated heterocycles. The average molecular weight is 282 g/mol. The zero-order valence-electron chi connectivity index (χ0n) is 11.7. The van der Waals surface area contributed by atoms with Gasteiger partial charge in [0.05, 0.1) is 5.69 Å². The van der Waals surface area contributed by atoms with Crippen LogP contribution in [0.25, 0.3) is 0 Å².